The van der Waals surface area contributed by atoms with Gasteiger partial charge >= 0.3 is 0 Å². The molecule has 0 fully saturated rings. The average molecular weight is 278 g/mol. The third kappa shape index (κ3) is 5.85. The van der Waals surface area contributed by atoms with Gasteiger partial charge in [0.25, 0.3) is 0 Å². The van der Waals surface area contributed by atoms with Gasteiger partial charge in [0.1, 0.15) is 6.10 Å². The number of ether oxygens (including phenoxy) is 1. The minimum Gasteiger partial charge on any atom is -0.361 e. The monoisotopic (exact) mass is 278 g/mol. The molecule has 0 amide bonds. The zero-order valence-electron chi connectivity index (χ0n) is 12.6. The largest absolute Gasteiger partial charge is 0.361 e. The number of rotatable bonds is 6. The Morgan fingerprint density at radius 3 is 2.29 bits per heavy atom. The predicted molar refractivity (Wildman–Crippen MR) is 87.9 cm³/mol. The van der Waals surface area contributed by atoms with E-state index in [9.17, 15) is 0 Å². The minimum absolute atomic E-state index is 0.00497. The van der Waals surface area contributed by atoms with E-state index in [-0.39, 0.29) is 6.10 Å². The van der Waals surface area contributed by atoms with E-state index in [2.05, 4.69) is 30.9 Å². The molecule has 0 aliphatic rings. The van der Waals surface area contributed by atoms with Crippen molar-refractivity contribution < 1.29 is 4.74 Å². The summed E-state index contributed by atoms with van der Waals surface area (Å²) in [6.45, 7) is 2.82. The highest BCUT2D eigenvalue weighted by molar-refractivity contribution is 5.34. The molecule has 0 saturated carbocycles. The summed E-state index contributed by atoms with van der Waals surface area (Å²) in [4.78, 5) is 0. The fraction of sp³-hybridized carbons (Fsp3) is 0.300. The lowest BCUT2D eigenvalue weighted by molar-refractivity contribution is 0.0712. The highest BCUT2D eigenvalue weighted by Gasteiger charge is 2.05. The average Bonchev–Trinajstić information content (AvgIpc) is 2.56. The molecule has 1 nitrogen and oxygen atoms in total. The number of benzene rings is 2. The van der Waals surface area contributed by atoms with Gasteiger partial charge in [-0.1, -0.05) is 80.1 Å². The van der Waals surface area contributed by atoms with Crippen LogP contribution in [-0.2, 0) is 11.3 Å². The van der Waals surface area contributed by atoms with Crippen LogP contribution in [0.15, 0.2) is 60.7 Å². The lowest BCUT2D eigenvalue weighted by Gasteiger charge is -2.12. The summed E-state index contributed by atoms with van der Waals surface area (Å²) in [5.74, 6) is 6.48. The smallest absolute Gasteiger partial charge is 0.119 e. The van der Waals surface area contributed by atoms with Gasteiger partial charge in [0.05, 0.1) is 6.61 Å². The van der Waals surface area contributed by atoms with Crippen LogP contribution in [0.25, 0.3) is 0 Å². The van der Waals surface area contributed by atoms with E-state index in [1.54, 1.807) is 0 Å². The summed E-state index contributed by atoms with van der Waals surface area (Å²) in [7, 11) is 0. The standard InChI is InChI=1S/C20H22O/c1-2-3-14-20(16-15-18-10-6-4-7-11-18)21-17-19-12-8-5-9-13-19/h4-13,20H,2-3,14,17H2,1H3. The van der Waals surface area contributed by atoms with Gasteiger partial charge in [0.15, 0.2) is 0 Å². The van der Waals surface area contributed by atoms with Crippen LogP contribution in [0.2, 0.25) is 0 Å². The van der Waals surface area contributed by atoms with Crippen LogP contribution in [0.3, 0.4) is 0 Å². The van der Waals surface area contributed by atoms with E-state index < -0.39 is 0 Å². The molecule has 0 heterocycles. The van der Waals surface area contributed by atoms with Gasteiger partial charge in [-0.25, -0.2) is 0 Å². The molecule has 0 aromatic heterocycles. The highest BCUT2D eigenvalue weighted by Crippen LogP contribution is 2.09. The molecular weight excluding hydrogens is 256 g/mol. The Labute approximate surface area is 128 Å². The molecule has 108 valence electrons. The van der Waals surface area contributed by atoms with Gasteiger partial charge in [-0.05, 0) is 24.1 Å². The van der Waals surface area contributed by atoms with Crippen LogP contribution >= 0.6 is 0 Å². The summed E-state index contributed by atoms with van der Waals surface area (Å²) < 4.78 is 5.98. The molecule has 0 saturated heterocycles. The fourth-order valence-electron chi connectivity index (χ4n) is 2.04. The zero-order valence-corrected chi connectivity index (χ0v) is 12.6. The Bertz CT molecular complexity index is 563. The highest BCUT2D eigenvalue weighted by atomic mass is 16.5. The van der Waals surface area contributed by atoms with E-state index in [1.807, 2.05) is 48.5 Å². The molecule has 1 atom stereocenters. The maximum absolute atomic E-state index is 5.98. The van der Waals surface area contributed by atoms with Crippen molar-refractivity contribution in [2.24, 2.45) is 0 Å². The second kappa shape index (κ2) is 9.00. The zero-order chi connectivity index (χ0) is 14.8. The van der Waals surface area contributed by atoms with E-state index in [4.69, 9.17) is 4.74 Å². The van der Waals surface area contributed by atoms with Crippen LogP contribution in [0.1, 0.15) is 37.3 Å². The second-order valence-electron chi connectivity index (χ2n) is 5.06. The van der Waals surface area contributed by atoms with Gasteiger partial charge in [0, 0.05) is 5.56 Å². The van der Waals surface area contributed by atoms with Crippen molar-refractivity contribution in [1.29, 1.82) is 0 Å². The molecule has 1 unspecified atom stereocenters. The first-order valence-electron chi connectivity index (χ1n) is 7.60. The first kappa shape index (κ1) is 15.4. The summed E-state index contributed by atoms with van der Waals surface area (Å²) in [6.07, 6.45) is 3.30. The summed E-state index contributed by atoms with van der Waals surface area (Å²) in [5, 5.41) is 0. The predicted octanol–water partition coefficient (Wildman–Crippen LogP) is 4.81. The topological polar surface area (TPSA) is 9.23 Å². The minimum atomic E-state index is 0.00497. The third-order valence-corrected chi connectivity index (χ3v) is 3.27. The maximum Gasteiger partial charge on any atom is 0.119 e. The van der Waals surface area contributed by atoms with Crippen LogP contribution in [0.5, 0.6) is 0 Å². The van der Waals surface area contributed by atoms with Crippen molar-refractivity contribution in [3.05, 3.63) is 71.8 Å². The first-order valence-corrected chi connectivity index (χ1v) is 7.60. The Kier molecular flexibility index (Phi) is 6.58. The molecule has 0 N–H and O–H groups in total. The SMILES string of the molecule is CCCCC(C#Cc1ccccc1)OCc1ccccc1. The third-order valence-electron chi connectivity index (χ3n) is 3.27. The molecule has 0 bridgehead atoms. The molecule has 0 radical (unpaired) electrons. The van der Waals surface area contributed by atoms with Gasteiger partial charge in [-0.3, -0.25) is 0 Å². The molecule has 2 rings (SSSR count). The van der Waals surface area contributed by atoms with Crippen LogP contribution in [0, 0.1) is 11.8 Å². The van der Waals surface area contributed by atoms with Crippen molar-refractivity contribution in [3.63, 3.8) is 0 Å². The molecule has 1 heteroatoms. The van der Waals surface area contributed by atoms with E-state index in [0.717, 1.165) is 24.8 Å². The molecule has 21 heavy (non-hydrogen) atoms. The van der Waals surface area contributed by atoms with Crippen molar-refractivity contribution >= 4 is 0 Å². The van der Waals surface area contributed by atoms with Gasteiger partial charge < -0.3 is 4.74 Å². The maximum atomic E-state index is 5.98. The van der Waals surface area contributed by atoms with E-state index in [0.29, 0.717) is 6.61 Å². The lowest BCUT2D eigenvalue weighted by Crippen LogP contribution is -2.10. The Morgan fingerprint density at radius 1 is 0.952 bits per heavy atom. The molecular formula is C20H22O. The van der Waals surface area contributed by atoms with Crippen molar-refractivity contribution in [2.75, 3.05) is 0 Å². The summed E-state index contributed by atoms with van der Waals surface area (Å²) in [5.41, 5.74) is 2.24. The molecule has 0 aliphatic carbocycles. The van der Waals surface area contributed by atoms with E-state index >= 15 is 0 Å². The Morgan fingerprint density at radius 2 is 1.62 bits per heavy atom. The normalized spacial score (nSPS) is 11.5. The molecule has 0 spiro atoms. The van der Waals surface area contributed by atoms with Crippen molar-refractivity contribution in [1.82, 2.24) is 0 Å². The molecule has 0 aliphatic heterocycles. The summed E-state index contributed by atoms with van der Waals surface area (Å²) >= 11 is 0. The van der Waals surface area contributed by atoms with Crippen LogP contribution in [0.4, 0.5) is 0 Å². The Hall–Kier alpha value is -2.04. The first-order chi connectivity index (χ1) is 10.4. The van der Waals surface area contributed by atoms with Gasteiger partial charge in [-0.15, -0.1) is 0 Å². The number of hydrogen-bond acceptors (Lipinski definition) is 1. The molecule has 2 aromatic rings. The Balaban J connectivity index is 1.96. The second-order valence-corrected chi connectivity index (χ2v) is 5.06. The fourth-order valence-corrected chi connectivity index (χ4v) is 2.04. The van der Waals surface area contributed by atoms with Gasteiger partial charge in [0.2, 0.25) is 0 Å². The molecule has 2 aromatic carbocycles. The quantitative estimate of drug-likeness (QED) is 0.689. The van der Waals surface area contributed by atoms with Crippen molar-refractivity contribution in [2.45, 2.75) is 38.9 Å². The van der Waals surface area contributed by atoms with Crippen LogP contribution in [-0.4, -0.2) is 6.10 Å². The number of hydrogen-bond donors (Lipinski definition) is 0. The van der Waals surface area contributed by atoms with E-state index in [1.165, 1.54) is 5.56 Å². The van der Waals surface area contributed by atoms with Gasteiger partial charge in [-0.2, -0.15) is 0 Å². The van der Waals surface area contributed by atoms with Crippen LogP contribution < -0.4 is 0 Å². The van der Waals surface area contributed by atoms with Crippen molar-refractivity contribution in [3.8, 4) is 11.8 Å². The number of unbranched alkanes of at least 4 members (excludes halogenated alkanes) is 1. The lowest BCUT2D eigenvalue weighted by atomic mass is 10.1. The summed E-state index contributed by atoms with van der Waals surface area (Å²) in [6, 6.07) is 20.3.